The topological polar surface area (TPSA) is 81.2 Å². The van der Waals surface area contributed by atoms with Gasteiger partial charge in [-0.1, -0.05) is 59.6 Å². The Kier molecular flexibility index (Phi) is 5.74. The van der Waals surface area contributed by atoms with Gasteiger partial charge in [0.1, 0.15) is 5.01 Å². The lowest BCUT2D eigenvalue weighted by Gasteiger charge is -2.07. The van der Waals surface area contributed by atoms with Gasteiger partial charge in [-0.15, -0.1) is 11.3 Å². The van der Waals surface area contributed by atoms with Gasteiger partial charge in [0.05, 0.1) is 9.79 Å². The quantitative estimate of drug-likeness (QED) is 0.373. The summed E-state index contributed by atoms with van der Waals surface area (Å²) in [6.45, 7) is 1.84. The van der Waals surface area contributed by atoms with Crippen molar-refractivity contribution in [3.8, 4) is 10.6 Å². The summed E-state index contributed by atoms with van der Waals surface area (Å²) >= 11 is 6.72. The minimum absolute atomic E-state index is 0.0180. The SMILES string of the molecule is Cc1ccc(S(=O)(=O)c2nc(-c3ccccc3)sc2S(=O)(=O)c2ccc(Cl)cc2)cc1. The van der Waals surface area contributed by atoms with Crippen molar-refractivity contribution in [1.82, 2.24) is 4.98 Å². The van der Waals surface area contributed by atoms with Crippen molar-refractivity contribution < 1.29 is 16.8 Å². The number of rotatable bonds is 5. The lowest BCUT2D eigenvalue weighted by Crippen LogP contribution is -2.09. The van der Waals surface area contributed by atoms with Crippen molar-refractivity contribution in [1.29, 1.82) is 0 Å². The van der Waals surface area contributed by atoms with E-state index in [1.165, 1.54) is 36.4 Å². The molecule has 1 aromatic heterocycles. The summed E-state index contributed by atoms with van der Waals surface area (Å²) < 4.78 is 53.3. The van der Waals surface area contributed by atoms with E-state index in [9.17, 15) is 16.8 Å². The highest BCUT2D eigenvalue weighted by atomic mass is 35.5. The third-order valence-corrected chi connectivity index (χ3v) is 10.1. The molecular formula is C22H16ClNO4S3. The Hall–Kier alpha value is -2.52. The summed E-state index contributed by atoms with van der Waals surface area (Å²) in [5.41, 5.74) is 1.52. The van der Waals surface area contributed by atoms with Gasteiger partial charge in [-0.25, -0.2) is 21.8 Å². The first-order valence-electron chi connectivity index (χ1n) is 9.08. The summed E-state index contributed by atoms with van der Waals surface area (Å²) in [6.07, 6.45) is 0. The van der Waals surface area contributed by atoms with Gasteiger partial charge in [-0.2, -0.15) is 0 Å². The maximum Gasteiger partial charge on any atom is 0.226 e. The molecule has 0 atom stereocenters. The molecule has 0 unspecified atom stereocenters. The number of thiazole rings is 1. The van der Waals surface area contributed by atoms with Crippen LogP contribution in [-0.4, -0.2) is 21.8 Å². The van der Waals surface area contributed by atoms with E-state index in [-0.39, 0.29) is 14.0 Å². The zero-order valence-electron chi connectivity index (χ0n) is 16.2. The summed E-state index contributed by atoms with van der Waals surface area (Å²) in [6, 6.07) is 20.7. The molecule has 0 aliphatic carbocycles. The normalized spacial score (nSPS) is 12.1. The largest absolute Gasteiger partial charge is 0.226 e. The summed E-state index contributed by atoms with van der Waals surface area (Å²) in [7, 11) is -8.33. The molecule has 1 heterocycles. The molecule has 158 valence electrons. The number of aromatic nitrogens is 1. The number of aryl methyl sites for hydroxylation is 1. The first-order chi connectivity index (χ1) is 14.7. The molecule has 0 fully saturated rings. The molecule has 0 saturated carbocycles. The van der Waals surface area contributed by atoms with Crippen LogP contribution in [0.25, 0.3) is 10.6 Å². The van der Waals surface area contributed by atoms with Gasteiger partial charge in [0.15, 0.2) is 9.24 Å². The van der Waals surface area contributed by atoms with Crippen LogP contribution in [0.5, 0.6) is 0 Å². The smallest absolute Gasteiger partial charge is 0.223 e. The molecule has 4 aromatic rings. The highest BCUT2D eigenvalue weighted by molar-refractivity contribution is 7.96. The summed E-state index contributed by atoms with van der Waals surface area (Å²) in [5, 5.41) is 0.203. The Morgan fingerprint density at radius 2 is 1.29 bits per heavy atom. The number of benzene rings is 3. The van der Waals surface area contributed by atoms with Gasteiger partial charge in [0.2, 0.25) is 19.7 Å². The average Bonchev–Trinajstić information content (AvgIpc) is 3.22. The Bertz CT molecular complexity index is 1350. The maximum atomic E-state index is 13.4. The van der Waals surface area contributed by atoms with Crippen LogP contribution in [0.2, 0.25) is 5.02 Å². The van der Waals surface area contributed by atoms with E-state index in [1.807, 2.05) is 13.0 Å². The van der Waals surface area contributed by atoms with E-state index in [0.717, 1.165) is 16.9 Å². The minimum atomic E-state index is -4.18. The van der Waals surface area contributed by atoms with Crippen LogP contribution in [0.4, 0.5) is 0 Å². The fraction of sp³-hybridized carbons (Fsp3) is 0.0455. The van der Waals surface area contributed by atoms with Crippen LogP contribution in [0.3, 0.4) is 0 Å². The average molecular weight is 490 g/mol. The highest BCUT2D eigenvalue weighted by Gasteiger charge is 2.34. The molecule has 31 heavy (non-hydrogen) atoms. The molecule has 3 aromatic carbocycles. The Labute approximate surface area is 189 Å². The van der Waals surface area contributed by atoms with E-state index in [4.69, 9.17) is 11.6 Å². The summed E-state index contributed by atoms with van der Waals surface area (Å²) in [5.74, 6) is 0. The first-order valence-corrected chi connectivity index (χ1v) is 13.2. The maximum absolute atomic E-state index is 13.4. The second-order valence-corrected chi connectivity index (χ2v) is 12.2. The standard InChI is InChI=1S/C22H16ClNO4S3/c1-15-7-11-18(12-8-15)30(25,26)21-22(29-20(24-21)16-5-3-2-4-6-16)31(27,28)19-13-9-17(23)10-14-19/h2-14H,1H3. The number of halogens is 1. The van der Waals surface area contributed by atoms with Crippen molar-refractivity contribution in [3.63, 3.8) is 0 Å². The molecule has 0 bridgehead atoms. The lowest BCUT2D eigenvalue weighted by atomic mass is 10.2. The third-order valence-electron chi connectivity index (χ3n) is 4.54. The van der Waals surface area contributed by atoms with E-state index >= 15 is 0 Å². The van der Waals surface area contributed by atoms with Crippen molar-refractivity contribution >= 4 is 42.6 Å². The molecule has 0 amide bonds. The van der Waals surface area contributed by atoms with Crippen LogP contribution in [0, 0.1) is 6.92 Å². The van der Waals surface area contributed by atoms with Crippen molar-refractivity contribution in [2.24, 2.45) is 0 Å². The predicted octanol–water partition coefficient (Wildman–Crippen LogP) is 5.44. The van der Waals surface area contributed by atoms with Gasteiger partial charge in [0.25, 0.3) is 0 Å². The van der Waals surface area contributed by atoms with E-state index < -0.39 is 24.7 Å². The van der Waals surface area contributed by atoms with Gasteiger partial charge in [0, 0.05) is 10.6 Å². The van der Waals surface area contributed by atoms with E-state index in [1.54, 1.807) is 36.4 Å². The van der Waals surface area contributed by atoms with Gasteiger partial charge in [-0.05, 0) is 43.3 Å². The number of sulfone groups is 2. The molecule has 9 heteroatoms. The Balaban J connectivity index is 1.97. The zero-order valence-corrected chi connectivity index (χ0v) is 19.4. The molecule has 0 aliphatic rings. The van der Waals surface area contributed by atoms with Gasteiger partial charge in [-0.3, -0.25) is 0 Å². The van der Waals surface area contributed by atoms with E-state index in [2.05, 4.69) is 4.98 Å². The number of hydrogen-bond donors (Lipinski definition) is 0. The predicted molar refractivity (Wildman–Crippen MR) is 121 cm³/mol. The van der Waals surface area contributed by atoms with Crippen LogP contribution in [-0.2, 0) is 19.7 Å². The van der Waals surface area contributed by atoms with Crippen molar-refractivity contribution in [2.75, 3.05) is 0 Å². The van der Waals surface area contributed by atoms with E-state index in [0.29, 0.717) is 15.6 Å². The molecule has 4 rings (SSSR count). The Morgan fingerprint density at radius 3 is 1.90 bits per heavy atom. The monoisotopic (exact) mass is 489 g/mol. The van der Waals surface area contributed by atoms with Gasteiger partial charge < -0.3 is 0 Å². The molecule has 0 saturated heterocycles. The first kappa shape index (κ1) is 21.7. The fourth-order valence-electron chi connectivity index (χ4n) is 2.89. The third kappa shape index (κ3) is 4.16. The van der Waals surface area contributed by atoms with Gasteiger partial charge >= 0.3 is 0 Å². The van der Waals surface area contributed by atoms with Crippen LogP contribution in [0.15, 0.2) is 97.9 Å². The van der Waals surface area contributed by atoms with Crippen molar-refractivity contribution in [3.05, 3.63) is 89.4 Å². The lowest BCUT2D eigenvalue weighted by molar-refractivity contribution is 0.582. The molecular weight excluding hydrogens is 474 g/mol. The number of hydrogen-bond acceptors (Lipinski definition) is 6. The fourth-order valence-corrected chi connectivity index (χ4v) is 7.98. The summed E-state index contributed by atoms with van der Waals surface area (Å²) in [4.78, 5) is 4.21. The molecule has 0 spiro atoms. The van der Waals surface area contributed by atoms with Crippen LogP contribution < -0.4 is 0 Å². The molecule has 0 aliphatic heterocycles. The Morgan fingerprint density at radius 1 is 0.742 bits per heavy atom. The van der Waals surface area contributed by atoms with Crippen molar-refractivity contribution in [2.45, 2.75) is 25.9 Å². The molecule has 0 N–H and O–H groups in total. The zero-order chi connectivity index (χ0) is 22.2. The molecule has 5 nitrogen and oxygen atoms in total. The second-order valence-electron chi connectivity index (χ2n) is 6.75. The van der Waals surface area contributed by atoms with Crippen LogP contribution >= 0.6 is 22.9 Å². The minimum Gasteiger partial charge on any atom is -0.223 e. The second kappa shape index (κ2) is 8.20. The number of nitrogens with zero attached hydrogens (tertiary/aromatic N) is 1. The van der Waals surface area contributed by atoms with Crippen LogP contribution in [0.1, 0.15) is 5.56 Å². The highest BCUT2D eigenvalue weighted by Crippen LogP contribution is 2.39. The molecule has 0 radical (unpaired) electrons.